The second-order valence-electron chi connectivity index (χ2n) is 3.54. The summed E-state index contributed by atoms with van der Waals surface area (Å²) in [5, 5.41) is 3.19. The summed E-state index contributed by atoms with van der Waals surface area (Å²) in [6.07, 6.45) is 1.50. The average molecular weight is 276 g/mol. The van der Waals surface area contributed by atoms with Gasteiger partial charge in [0, 0.05) is 25.3 Å². The van der Waals surface area contributed by atoms with Crippen LogP contribution in [-0.2, 0) is 6.54 Å². The van der Waals surface area contributed by atoms with Gasteiger partial charge in [0.15, 0.2) is 0 Å². The molecule has 1 aromatic heterocycles. The molecule has 0 saturated carbocycles. The molecule has 0 unspecified atom stereocenters. The molecule has 0 aromatic carbocycles. The van der Waals surface area contributed by atoms with Gasteiger partial charge in [-0.25, -0.2) is 4.79 Å². The number of H-pyrrole nitrogens is 1. The van der Waals surface area contributed by atoms with E-state index in [1.807, 2.05) is 13.8 Å². The van der Waals surface area contributed by atoms with Crippen LogP contribution in [0.3, 0.4) is 0 Å². The zero-order valence-electron chi connectivity index (χ0n) is 8.71. The summed E-state index contributed by atoms with van der Waals surface area (Å²) in [5.74, 6) is 0. The van der Waals surface area contributed by atoms with Crippen LogP contribution in [0.4, 0.5) is 0 Å². The number of halogens is 1. The molecule has 1 heterocycles. The number of aromatic amines is 1. The van der Waals surface area contributed by atoms with Crippen LogP contribution in [0.2, 0.25) is 0 Å². The number of nitrogens with one attached hydrogen (secondary N) is 2. The van der Waals surface area contributed by atoms with Gasteiger partial charge in [-0.3, -0.25) is 14.3 Å². The Hall–Kier alpha value is -0.880. The maximum Gasteiger partial charge on any atom is 0.328 e. The topological polar surface area (TPSA) is 66.9 Å². The largest absolute Gasteiger partial charge is 0.328 e. The molecule has 0 aliphatic heterocycles. The summed E-state index contributed by atoms with van der Waals surface area (Å²) in [6, 6.07) is 0.381. The van der Waals surface area contributed by atoms with Gasteiger partial charge in [0.2, 0.25) is 0 Å². The van der Waals surface area contributed by atoms with Crippen LogP contribution in [0.15, 0.2) is 20.3 Å². The summed E-state index contributed by atoms with van der Waals surface area (Å²) < 4.78 is 1.83. The van der Waals surface area contributed by atoms with Gasteiger partial charge in [-0.15, -0.1) is 0 Å². The van der Waals surface area contributed by atoms with Gasteiger partial charge in [0.25, 0.3) is 5.56 Å². The zero-order valence-corrected chi connectivity index (χ0v) is 10.3. The highest BCUT2D eigenvalue weighted by atomic mass is 79.9. The van der Waals surface area contributed by atoms with Crippen LogP contribution >= 0.6 is 15.9 Å². The van der Waals surface area contributed by atoms with Gasteiger partial charge < -0.3 is 5.32 Å². The lowest BCUT2D eigenvalue weighted by molar-refractivity contribution is 0.527. The molecule has 1 rings (SSSR count). The Morgan fingerprint density at radius 1 is 1.53 bits per heavy atom. The highest BCUT2D eigenvalue weighted by Crippen LogP contribution is 1.97. The first-order valence-corrected chi connectivity index (χ1v) is 5.52. The van der Waals surface area contributed by atoms with Gasteiger partial charge in [0.1, 0.15) is 0 Å². The molecule has 5 nitrogen and oxygen atoms in total. The fourth-order valence-corrected chi connectivity index (χ4v) is 1.47. The quantitative estimate of drug-likeness (QED) is 0.831. The molecule has 0 atom stereocenters. The van der Waals surface area contributed by atoms with Crippen molar-refractivity contribution >= 4 is 15.9 Å². The second kappa shape index (κ2) is 5.27. The van der Waals surface area contributed by atoms with Crippen molar-refractivity contribution < 1.29 is 0 Å². The molecule has 0 spiro atoms. The molecule has 0 aliphatic rings. The van der Waals surface area contributed by atoms with Gasteiger partial charge in [-0.1, -0.05) is 13.8 Å². The predicted molar refractivity (Wildman–Crippen MR) is 62.2 cm³/mol. The van der Waals surface area contributed by atoms with E-state index in [2.05, 4.69) is 26.2 Å². The molecule has 0 fully saturated rings. The smallest absolute Gasteiger partial charge is 0.313 e. The minimum absolute atomic E-state index is 0.367. The van der Waals surface area contributed by atoms with Crippen molar-refractivity contribution in [2.75, 3.05) is 6.54 Å². The average Bonchev–Trinajstić information content (AvgIpc) is 2.13. The summed E-state index contributed by atoms with van der Waals surface area (Å²) in [5.41, 5.74) is -0.776. The number of nitrogens with zero attached hydrogens (tertiary/aromatic N) is 1. The fourth-order valence-electron chi connectivity index (χ4n) is 1.12. The van der Waals surface area contributed by atoms with E-state index >= 15 is 0 Å². The van der Waals surface area contributed by atoms with Crippen LogP contribution in [0.25, 0.3) is 0 Å². The van der Waals surface area contributed by atoms with Crippen molar-refractivity contribution in [2.45, 2.75) is 26.4 Å². The molecule has 2 N–H and O–H groups in total. The van der Waals surface area contributed by atoms with Crippen molar-refractivity contribution in [3.05, 3.63) is 31.5 Å². The number of hydrogen-bond donors (Lipinski definition) is 2. The van der Waals surface area contributed by atoms with Crippen molar-refractivity contribution in [1.82, 2.24) is 14.9 Å². The van der Waals surface area contributed by atoms with E-state index in [0.717, 1.165) is 0 Å². The van der Waals surface area contributed by atoms with Crippen molar-refractivity contribution in [3.63, 3.8) is 0 Å². The minimum Gasteiger partial charge on any atom is -0.313 e. The van der Waals surface area contributed by atoms with E-state index in [0.29, 0.717) is 23.6 Å². The van der Waals surface area contributed by atoms with Crippen LogP contribution in [-0.4, -0.2) is 22.1 Å². The Morgan fingerprint density at radius 3 is 2.80 bits per heavy atom. The maximum atomic E-state index is 11.3. The Labute approximate surface area is 95.6 Å². The first-order valence-electron chi connectivity index (χ1n) is 4.73. The van der Waals surface area contributed by atoms with Crippen LogP contribution in [0.5, 0.6) is 0 Å². The summed E-state index contributed by atoms with van der Waals surface area (Å²) >= 11 is 3.08. The van der Waals surface area contributed by atoms with E-state index in [1.54, 1.807) is 0 Å². The molecule has 0 amide bonds. The molecule has 6 heteroatoms. The van der Waals surface area contributed by atoms with Crippen molar-refractivity contribution in [1.29, 1.82) is 0 Å². The monoisotopic (exact) mass is 275 g/mol. The lowest BCUT2D eigenvalue weighted by atomic mass is 10.4. The fraction of sp³-hybridized carbons (Fsp3) is 0.556. The normalized spacial score (nSPS) is 10.9. The molecule has 1 aromatic rings. The summed E-state index contributed by atoms with van der Waals surface area (Å²) in [6.45, 7) is 5.29. The molecule has 0 bridgehead atoms. The van der Waals surface area contributed by atoms with Crippen LogP contribution in [0.1, 0.15) is 13.8 Å². The second-order valence-corrected chi connectivity index (χ2v) is 4.39. The van der Waals surface area contributed by atoms with Gasteiger partial charge in [-0.2, -0.15) is 0 Å². The minimum atomic E-state index is -0.395. The molecule has 15 heavy (non-hydrogen) atoms. The standard InChI is InChI=1S/C9H14BrN3O2/c1-6(2)11-3-4-13-5-7(10)8(14)12-9(13)15/h5-6,11H,3-4H2,1-2H3,(H,12,14,15). The predicted octanol–water partition coefficient (Wildman–Crippen LogP) is 0.297. The summed E-state index contributed by atoms with van der Waals surface area (Å²) in [7, 11) is 0. The van der Waals surface area contributed by atoms with Gasteiger partial charge in [-0.05, 0) is 15.9 Å². The maximum absolute atomic E-state index is 11.3. The molecular formula is C9H14BrN3O2. The van der Waals surface area contributed by atoms with Crippen LogP contribution in [0, 0.1) is 0 Å². The third-order valence-corrected chi connectivity index (χ3v) is 2.44. The third kappa shape index (κ3) is 3.64. The first-order chi connectivity index (χ1) is 7.00. The Kier molecular flexibility index (Phi) is 4.28. The highest BCUT2D eigenvalue weighted by molar-refractivity contribution is 9.10. The number of aromatic nitrogens is 2. The SMILES string of the molecule is CC(C)NCCn1cc(Br)c(=O)[nH]c1=O. The summed E-state index contributed by atoms with van der Waals surface area (Å²) in [4.78, 5) is 24.6. The molecule has 0 radical (unpaired) electrons. The molecular weight excluding hydrogens is 262 g/mol. The van der Waals surface area contributed by atoms with E-state index in [9.17, 15) is 9.59 Å². The lowest BCUT2D eigenvalue weighted by Gasteiger charge is -2.09. The third-order valence-electron chi connectivity index (χ3n) is 1.87. The van der Waals surface area contributed by atoms with E-state index in [1.165, 1.54) is 10.8 Å². The number of rotatable bonds is 4. The van der Waals surface area contributed by atoms with E-state index < -0.39 is 5.56 Å². The van der Waals surface area contributed by atoms with Crippen molar-refractivity contribution in [2.24, 2.45) is 0 Å². The Bertz CT molecular complexity index is 436. The Morgan fingerprint density at radius 2 is 2.20 bits per heavy atom. The first kappa shape index (κ1) is 12.2. The van der Waals surface area contributed by atoms with E-state index in [-0.39, 0.29) is 5.69 Å². The van der Waals surface area contributed by atoms with Crippen molar-refractivity contribution in [3.8, 4) is 0 Å². The zero-order chi connectivity index (χ0) is 11.4. The molecule has 84 valence electrons. The molecule has 0 saturated heterocycles. The van der Waals surface area contributed by atoms with Gasteiger partial charge in [0.05, 0.1) is 4.47 Å². The number of hydrogen-bond acceptors (Lipinski definition) is 3. The van der Waals surface area contributed by atoms with Gasteiger partial charge >= 0.3 is 5.69 Å². The highest BCUT2D eigenvalue weighted by Gasteiger charge is 2.01. The Balaban J connectivity index is 2.74. The molecule has 0 aliphatic carbocycles. The lowest BCUT2D eigenvalue weighted by Crippen LogP contribution is -2.34. The van der Waals surface area contributed by atoms with E-state index in [4.69, 9.17) is 0 Å². The van der Waals surface area contributed by atoms with Crippen LogP contribution < -0.4 is 16.6 Å².